The van der Waals surface area contributed by atoms with Crippen molar-refractivity contribution in [3.8, 4) is 0 Å². The highest BCUT2D eigenvalue weighted by atomic mass is 19.1. The summed E-state index contributed by atoms with van der Waals surface area (Å²) in [6.45, 7) is 0.664. The fraction of sp³-hybridized carbons (Fsp3) is 0.125. The topological polar surface area (TPSA) is 86.5 Å². The summed E-state index contributed by atoms with van der Waals surface area (Å²) in [5, 5.41) is 10.7. The summed E-state index contributed by atoms with van der Waals surface area (Å²) >= 11 is 0. The zero-order valence-corrected chi connectivity index (χ0v) is 12.4. The summed E-state index contributed by atoms with van der Waals surface area (Å²) in [5.74, 6) is -3.53. The normalized spacial score (nSPS) is 10.3. The number of esters is 1. The number of nitrogens with zero attached hydrogens (tertiary/aromatic N) is 1. The van der Waals surface area contributed by atoms with Gasteiger partial charge in [-0.1, -0.05) is 0 Å². The van der Waals surface area contributed by atoms with Crippen molar-refractivity contribution < 1.29 is 28.0 Å². The van der Waals surface area contributed by atoms with Gasteiger partial charge < -0.3 is 4.74 Å². The summed E-state index contributed by atoms with van der Waals surface area (Å²) in [4.78, 5) is 33.8. The van der Waals surface area contributed by atoms with E-state index in [0.717, 1.165) is 18.2 Å². The minimum Gasteiger partial charge on any atom is -0.454 e. The van der Waals surface area contributed by atoms with E-state index < -0.39 is 40.5 Å². The van der Waals surface area contributed by atoms with Crippen LogP contribution in [0.1, 0.15) is 26.3 Å². The van der Waals surface area contributed by atoms with Gasteiger partial charge in [0.1, 0.15) is 11.6 Å². The van der Waals surface area contributed by atoms with E-state index in [1.54, 1.807) is 0 Å². The standard InChI is InChI=1S/C16H11F2NO5/c1-9-6-10(2-5-14(9)19(22)23)16(21)24-8-15(20)12-7-11(17)3-4-13(12)18/h2-7H,8H2,1H3. The molecule has 0 radical (unpaired) electrons. The van der Waals surface area contributed by atoms with Crippen LogP contribution in [0.3, 0.4) is 0 Å². The van der Waals surface area contributed by atoms with Crippen molar-refractivity contribution in [1.82, 2.24) is 0 Å². The predicted molar refractivity (Wildman–Crippen MR) is 78.8 cm³/mol. The van der Waals surface area contributed by atoms with Crippen molar-refractivity contribution in [2.45, 2.75) is 6.92 Å². The minimum atomic E-state index is -0.927. The van der Waals surface area contributed by atoms with Crippen LogP contribution in [0, 0.1) is 28.7 Å². The van der Waals surface area contributed by atoms with Crippen LogP contribution in [-0.2, 0) is 4.74 Å². The van der Waals surface area contributed by atoms with Gasteiger partial charge in [0.15, 0.2) is 6.61 Å². The lowest BCUT2D eigenvalue weighted by molar-refractivity contribution is -0.385. The predicted octanol–water partition coefficient (Wildman–Crippen LogP) is 3.22. The average Bonchev–Trinajstić information content (AvgIpc) is 2.54. The minimum absolute atomic E-state index is 0.00520. The molecular formula is C16H11F2NO5. The van der Waals surface area contributed by atoms with E-state index in [0.29, 0.717) is 6.07 Å². The zero-order valence-electron chi connectivity index (χ0n) is 12.4. The lowest BCUT2D eigenvalue weighted by atomic mass is 10.1. The molecule has 0 spiro atoms. The summed E-state index contributed by atoms with van der Waals surface area (Å²) in [7, 11) is 0. The van der Waals surface area contributed by atoms with Crippen molar-refractivity contribution in [1.29, 1.82) is 0 Å². The third-order valence-electron chi connectivity index (χ3n) is 3.19. The Hall–Kier alpha value is -3.16. The number of ketones is 1. The molecule has 0 saturated carbocycles. The lowest BCUT2D eigenvalue weighted by Crippen LogP contribution is -2.15. The highest BCUT2D eigenvalue weighted by molar-refractivity contribution is 5.99. The van der Waals surface area contributed by atoms with E-state index in [4.69, 9.17) is 4.74 Å². The molecule has 0 aliphatic rings. The molecule has 0 atom stereocenters. The molecule has 0 aliphatic heterocycles. The van der Waals surface area contributed by atoms with Gasteiger partial charge in [-0.15, -0.1) is 0 Å². The summed E-state index contributed by atoms with van der Waals surface area (Å²) in [5.41, 5.74) is -0.435. The monoisotopic (exact) mass is 335 g/mol. The summed E-state index contributed by atoms with van der Waals surface area (Å²) in [6.07, 6.45) is 0. The molecule has 0 saturated heterocycles. The highest BCUT2D eigenvalue weighted by Gasteiger charge is 2.18. The number of aryl methyl sites for hydroxylation is 1. The Bertz CT molecular complexity index is 835. The van der Waals surface area contributed by atoms with Gasteiger partial charge >= 0.3 is 5.97 Å². The Kier molecular flexibility index (Phi) is 4.98. The first-order chi connectivity index (χ1) is 11.3. The van der Waals surface area contributed by atoms with Crippen LogP contribution in [-0.4, -0.2) is 23.3 Å². The molecule has 2 rings (SSSR count). The molecule has 0 heterocycles. The Morgan fingerprint density at radius 3 is 2.50 bits per heavy atom. The van der Waals surface area contributed by atoms with Gasteiger partial charge in [-0.3, -0.25) is 14.9 Å². The number of nitro groups is 1. The van der Waals surface area contributed by atoms with Crippen LogP contribution in [0.25, 0.3) is 0 Å². The smallest absolute Gasteiger partial charge is 0.338 e. The molecule has 2 aromatic rings. The third kappa shape index (κ3) is 3.78. The van der Waals surface area contributed by atoms with Gasteiger partial charge in [0, 0.05) is 11.6 Å². The molecule has 0 fully saturated rings. The molecule has 0 amide bonds. The molecule has 2 aromatic carbocycles. The molecule has 0 unspecified atom stereocenters. The van der Waals surface area contributed by atoms with E-state index in [2.05, 4.69) is 0 Å². The highest BCUT2D eigenvalue weighted by Crippen LogP contribution is 2.19. The number of halogens is 2. The van der Waals surface area contributed by atoms with E-state index in [1.807, 2.05) is 0 Å². The van der Waals surface area contributed by atoms with Gasteiger partial charge in [0.2, 0.25) is 5.78 Å². The second-order valence-electron chi connectivity index (χ2n) is 4.88. The Labute approximate surface area is 134 Å². The van der Waals surface area contributed by atoms with Crippen LogP contribution in [0.15, 0.2) is 36.4 Å². The van der Waals surface area contributed by atoms with Crippen LogP contribution in [0.4, 0.5) is 14.5 Å². The molecule has 0 aromatic heterocycles. The number of Topliss-reactive ketones (excluding diaryl/α,β-unsaturated/α-hetero) is 1. The molecule has 24 heavy (non-hydrogen) atoms. The van der Waals surface area contributed by atoms with E-state index in [9.17, 15) is 28.5 Å². The average molecular weight is 335 g/mol. The summed E-state index contributed by atoms with van der Waals surface area (Å²) in [6, 6.07) is 5.93. The first-order valence-corrected chi connectivity index (χ1v) is 6.70. The van der Waals surface area contributed by atoms with Gasteiger partial charge in [-0.05, 0) is 37.3 Å². The number of hydrogen-bond acceptors (Lipinski definition) is 5. The van der Waals surface area contributed by atoms with Crippen LogP contribution < -0.4 is 0 Å². The first-order valence-electron chi connectivity index (χ1n) is 6.70. The molecule has 0 bridgehead atoms. The Balaban J connectivity index is 2.08. The van der Waals surface area contributed by atoms with Crippen molar-refractivity contribution in [2.24, 2.45) is 0 Å². The van der Waals surface area contributed by atoms with Crippen LogP contribution in [0.2, 0.25) is 0 Å². The molecule has 0 N–H and O–H groups in total. The molecule has 124 valence electrons. The largest absolute Gasteiger partial charge is 0.454 e. The Morgan fingerprint density at radius 2 is 1.88 bits per heavy atom. The lowest BCUT2D eigenvalue weighted by Gasteiger charge is -2.06. The van der Waals surface area contributed by atoms with Crippen LogP contribution in [0.5, 0.6) is 0 Å². The van der Waals surface area contributed by atoms with Gasteiger partial charge in [-0.2, -0.15) is 0 Å². The molecule has 8 heteroatoms. The number of hydrogen-bond donors (Lipinski definition) is 0. The second-order valence-corrected chi connectivity index (χ2v) is 4.88. The zero-order chi connectivity index (χ0) is 17.9. The number of benzene rings is 2. The van der Waals surface area contributed by atoms with Crippen LogP contribution >= 0.6 is 0 Å². The fourth-order valence-electron chi connectivity index (χ4n) is 1.99. The molecule has 0 aliphatic carbocycles. The maximum absolute atomic E-state index is 13.4. The first kappa shape index (κ1) is 17.2. The number of rotatable bonds is 5. The number of carbonyl (C=O) groups is 2. The van der Waals surface area contributed by atoms with Gasteiger partial charge in [-0.25, -0.2) is 13.6 Å². The summed E-state index contributed by atoms with van der Waals surface area (Å²) < 4.78 is 31.2. The maximum atomic E-state index is 13.4. The number of ether oxygens (including phenoxy) is 1. The van der Waals surface area contributed by atoms with E-state index in [-0.39, 0.29) is 16.8 Å². The van der Waals surface area contributed by atoms with Gasteiger partial charge in [0.25, 0.3) is 5.69 Å². The fourth-order valence-corrected chi connectivity index (χ4v) is 1.99. The molecular weight excluding hydrogens is 324 g/mol. The van der Waals surface area contributed by atoms with E-state index in [1.165, 1.54) is 19.1 Å². The van der Waals surface area contributed by atoms with Crippen molar-refractivity contribution in [3.05, 3.63) is 74.8 Å². The van der Waals surface area contributed by atoms with Crippen molar-refractivity contribution >= 4 is 17.4 Å². The van der Waals surface area contributed by atoms with E-state index >= 15 is 0 Å². The van der Waals surface area contributed by atoms with Crippen molar-refractivity contribution in [2.75, 3.05) is 6.61 Å². The Morgan fingerprint density at radius 1 is 1.17 bits per heavy atom. The second kappa shape index (κ2) is 6.95. The number of carbonyl (C=O) groups excluding carboxylic acids is 2. The SMILES string of the molecule is Cc1cc(C(=O)OCC(=O)c2cc(F)ccc2F)ccc1[N+](=O)[O-]. The molecule has 6 nitrogen and oxygen atoms in total. The number of nitro benzene ring substituents is 1. The third-order valence-corrected chi connectivity index (χ3v) is 3.19. The van der Waals surface area contributed by atoms with Gasteiger partial charge in [0.05, 0.1) is 16.1 Å². The maximum Gasteiger partial charge on any atom is 0.338 e. The van der Waals surface area contributed by atoms with Crippen molar-refractivity contribution in [3.63, 3.8) is 0 Å². The quantitative estimate of drug-likeness (QED) is 0.362.